The zero-order valence-electron chi connectivity index (χ0n) is 13.3. The number of nitrogens with one attached hydrogen (secondary N) is 1. The summed E-state index contributed by atoms with van der Waals surface area (Å²) in [4.78, 5) is 16.9. The molecule has 0 aliphatic carbocycles. The Morgan fingerprint density at radius 1 is 1.22 bits per heavy atom. The van der Waals surface area contributed by atoms with E-state index in [4.69, 9.17) is 11.6 Å². The number of urea groups is 1. The van der Waals surface area contributed by atoms with Gasteiger partial charge in [-0.3, -0.25) is 4.90 Å². The van der Waals surface area contributed by atoms with Crippen molar-refractivity contribution in [1.82, 2.24) is 0 Å². The van der Waals surface area contributed by atoms with E-state index in [1.54, 1.807) is 17.0 Å². The minimum absolute atomic E-state index is 0.137. The number of hydrogen-bond acceptors (Lipinski definition) is 2. The van der Waals surface area contributed by atoms with Gasteiger partial charge in [-0.05, 0) is 44.2 Å². The Morgan fingerprint density at radius 2 is 1.96 bits per heavy atom. The van der Waals surface area contributed by atoms with Crippen LogP contribution >= 0.6 is 11.6 Å². The van der Waals surface area contributed by atoms with Gasteiger partial charge in [-0.2, -0.15) is 0 Å². The number of benzene rings is 2. The molecule has 1 aliphatic heterocycles. The molecule has 0 aromatic heterocycles. The van der Waals surface area contributed by atoms with E-state index in [9.17, 15) is 4.79 Å². The SMILES string of the molecule is CCN1c2ccccc2N(C(=O)Nc2cccc(Cl)c2)CC1C. The van der Waals surface area contributed by atoms with Gasteiger partial charge in [0, 0.05) is 29.8 Å². The lowest BCUT2D eigenvalue weighted by molar-refractivity contribution is 0.256. The van der Waals surface area contributed by atoms with Gasteiger partial charge >= 0.3 is 6.03 Å². The highest BCUT2D eigenvalue weighted by Gasteiger charge is 2.30. The first-order valence-corrected chi connectivity index (χ1v) is 8.17. The highest BCUT2D eigenvalue weighted by Crippen LogP contribution is 2.35. The number of likely N-dealkylation sites (N-methyl/N-ethyl adjacent to an activating group) is 1. The average Bonchev–Trinajstić information content (AvgIpc) is 2.54. The molecule has 1 unspecified atom stereocenters. The minimum atomic E-state index is -0.137. The molecule has 1 N–H and O–H groups in total. The van der Waals surface area contributed by atoms with Crippen LogP contribution in [0.3, 0.4) is 0 Å². The number of amides is 2. The van der Waals surface area contributed by atoms with Gasteiger partial charge in [0.1, 0.15) is 0 Å². The van der Waals surface area contributed by atoms with Crippen molar-refractivity contribution in [2.45, 2.75) is 19.9 Å². The fourth-order valence-corrected chi connectivity index (χ4v) is 3.26. The summed E-state index contributed by atoms with van der Waals surface area (Å²) in [5.74, 6) is 0. The Bertz CT molecular complexity index is 719. The average molecular weight is 330 g/mol. The molecule has 0 spiro atoms. The molecule has 120 valence electrons. The Balaban J connectivity index is 1.89. The van der Waals surface area contributed by atoms with Crippen molar-refractivity contribution in [2.75, 3.05) is 28.2 Å². The number of rotatable bonds is 2. The molecule has 5 heteroatoms. The maximum Gasteiger partial charge on any atom is 0.326 e. The van der Waals surface area contributed by atoms with Crippen LogP contribution < -0.4 is 15.1 Å². The predicted molar refractivity (Wildman–Crippen MR) is 96.7 cm³/mol. The van der Waals surface area contributed by atoms with Crippen LogP contribution in [-0.2, 0) is 0 Å². The van der Waals surface area contributed by atoms with Gasteiger partial charge in [-0.1, -0.05) is 29.8 Å². The van der Waals surface area contributed by atoms with Crippen molar-refractivity contribution in [2.24, 2.45) is 0 Å². The molecular formula is C18H20ClN3O. The van der Waals surface area contributed by atoms with E-state index in [2.05, 4.69) is 30.1 Å². The third kappa shape index (κ3) is 3.13. The quantitative estimate of drug-likeness (QED) is 0.873. The van der Waals surface area contributed by atoms with Crippen LogP contribution in [0.25, 0.3) is 0 Å². The van der Waals surface area contributed by atoms with Crippen LogP contribution in [0.15, 0.2) is 48.5 Å². The number of hydrogen-bond donors (Lipinski definition) is 1. The summed E-state index contributed by atoms with van der Waals surface area (Å²) in [6.45, 7) is 5.84. The lowest BCUT2D eigenvalue weighted by Gasteiger charge is -2.41. The highest BCUT2D eigenvalue weighted by atomic mass is 35.5. The van der Waals surface area contributed by atoms with E-state index < -0.39 is 0 Å². The van der Waals surface area contributed by atoms with Gasteiger partial charge in [-0.25, -0.2) is 4.79 Å². The van der Waals surface area contributed by atoms with E-state index >= 15 is 0 Å². The molecule has 0 bridgehead atoms. The van der Waals surface area contributed by atoms with Gasteiger partial charge in [0.2, 0.25) is 0 Å². The van der Waals surface area contributed by atoms with Crippen LogP contribution in [0.2, 0.25) is 5.02 Å². The van der Waals surface area contributed by atoms with Crippen LogP contribution in [0.5, 0.6) is 0 Å². The fourth-order valence-electron chi connectivity index (χ4n) is 3.07. The zero-order chi connectivity index (χ0) is 16.4. The monoisotopic (exact) mass is 329 g/mol. The van der Waals surface area contributed by atoms with E-state index in [1.165, 1.54) is 0 Å². The number of halogens is 1. The zero-order valence-corrected chi connectivity index (χ0v) is 14.0. The second kappa shape index (κ2) is 6.50. The summed E-state index contributed by atoms with van der Waals surface area (Å²) >= 11 is 5.98. The maximum absolute atomic E-state index is 12.7. The standard InChI is InChI=1S/C18H20ClN3O/c1-3-21-13(2)12-22(17-10-5-4-9-16(17)21)18(23)20-15-8-6-7-14(19)11-15/h4-11,13H,3,12H2,1-2H3,(H,20,23). The van der Waals surface area contributed by atoms with Crippen molar-refractivity contribution in [3.63, 3.8) is 0 Å². The Kier molecular flexibility index (Phi) is 4.44. The molecule has 23 heavy (non-hydrogen) atoms. The first-order valence-electron chi connectivity index (χ1n) is 7.80. The van der Waals surface area contributed by atoms with E-state index in [-0.39, 0.29) is 12.1 Å². The van der Waals surface area contributed by atoms with Crippen molar-refractivity contribution in [1.29, 1.82) is 0 Å². The van der Waals surface area contributed by atoms with E-state index in [0.29, 0.717) is 17.3 Å². The summed E-state index contributed by atoms with van der Waals surface area (Å²) in [5.41, 5.74) is 2.73. The molecular weight excluding hydrogens is 310 g/mol. The normalized spacial score (nSPS) is 16.9. The first kappa shape index (κ1) is 15.7. The second-order valence-electron chi connectivity index (χ2n) is 5.67. The molecule has 2 aromatic rings. The number of carbonyl (C=O) groups excluding carboxylic acids is 1. The molecule has 2 amide bonds. The molecule has 3 rings (SSSR count). The maximum atomic E-state index is 12.7. The van der Waals surface area contributed by atoms with Crippen LogP contribution in [0.1, 0.15) is 13.8 Å². The topological polar surface area (TPSA) is 35.6 Å². The lowest BCUT2D eigenvalue weighted by atomic mass is 10.1. The highest BCUT2D eigenvalue weighted by molar-refractivity contribution is 6.30. The Hall–Kier alpha value is -2.20. The summed E-state index contributed by atoms with van der Waals surface area (Å²) in [6.07, 6.45) is 0. The number of carbonyl (C=O) groups is 1. The molecule has 0 saturated heterocycles. The van der Waals surface area contributed by atoms with Crippen molar-refractivity contribution in [3.05, 3.63) is 53.6 Å². The van der Waals surface area contributed by atoms with Gasteiger partial charge < -0.3 is 10.2 Å². The molecule has 4 nitrogen and oxygen atoms in total. The summed E-state index contributed by atoms with van der Waals surface area (Å²) < 4.78 is 0. The van der Waals surface area contributed by atoms with Gasteiger partial charge in [0.15, 0.2) is 0 Å². The summed E-state index contributed by atoms with van der Waals surface area (Å²) in [7, 11) is 0. The van der Waals surface area contributed by atoms with Crippen molar-refractivity contribution in [3.8, 4) is 0 Å². The summed E-state index contributed by atoms with van der Waals surface area (Å²) in [6, 6.07) is 15.3. The Labute approximate surface area is 141 Å². The van der Waals surface area contributed by atoms with Gasteiger partial charge in [0.25, 0.3) is 0 Å². The van der Waals surface area contributed by atoms with Gasteiger partial charge in [-0.15, -0.1) is 0 Å². The van der Waals surface area contributed by atoms with Crippen LogP contribution in [0.4, 0.5) is 21.9 Å². The molecule has 0 radical (unpaired) electrons. The third-order valence-electron chi connectivity index (χ3n) is 4.12. The molecule has 0 saturated carbocycles. The number of fused-ring (bicyclic) bond motifs is 1. The summed E-state index contributed by atoms with van der Waals surface area (Å²) in [5, 5.41) is 3.53. The predicted octanol–water partition coefficient (Wildman–Crippen LogP) is 4.61. The van der Waals surface area contributed by atoms with Gasteiger partial charge in [0.05, 0.1) is 11.4 Å². The van der Waals surface area contributed by atoms with Crippen LogP contribution in [0, 0.1) is 0 Å². The van der Waals surface area contributed by atoms with E-state index in [0.717, 1.165) is 17.9 Å². The fraction of sp³-hybridized carbons (Fsp3) is 0.278. The number of nitrogens with zero attached hydrogens (tertiary/aromatic N) is 2. The lowest BCUT2D eigenvalue weighted by Crippen LogP contribution is -2.50. The number of para-hydroxylation sites is 2. The second-order valence-corrected chi connectivity index (χ2v) is 6.11. The molecule has 1 heterocycles. The van der Waals surface area contributed by atoms with Crippen LogP contribution in [-0.4, -0.2) is 25.2 Å². The van der Waals surface area contributed by atoms with Crippen molar-refractivity contribution < 1.29 is 4.79 Å². The van der Waals surface area contributed by atoms with Crippen molar-refractivity contribution >= 4 is 34.7 Å². The molecule has 2 aromatic carbocycles. The largest absolute Gasteiger partial charge is 0.366 e. The minimum Gasteiger partial charge on any atom is -0.366 e. The third-order valence-corrected chi connectivity index (χ3v) is 4.36. The molecule has 1 aliphatic rings. The van der Waals surface area contributed by atoms with E-state index in [1.807, 2.05) is 30.3 Å². The Morgan fingerprint density at radius 3 is 2.65 bits per heavy atom. The smallest absolute Gasteiger partial charge is 0.326 e. The number of anilines is 3. The molecule has 1 atom stereocenters. The molecule has 0 fully saturated rings. The first-order chi connectivity index (χ1) is 11.1.